The van der Waals surface area contributed by atoms with E-state index in [9.17, 15) is 0 Å². The molecule has 0 spiro atoms. The zero-order valence-electron chi connectivity index (χ0n) is 11.9. The molecule has 0 aliphatic carbocycles. The molecule has 0 fully saturated rings. The molecule has 1 aromatic carbocycles. The lowest BCUT2D eigenvalue weighted by atomic mass is 10.1. The summed E-state index contributed by atoms with van der Waals surface area (Å²) < 4.78 is 5.43. The molecule has 3 nitrogen and oxygen atoms in total. The molecule has 19 heavy (non-hydrogen) atoms. The monoisotopic (exact) mass is 258 g/mol. The minimum atomic E-state index is 0.814. The number of benzene rings is 1. The zero-order chi connectivity index (χ0) is 13.7. The van der Waals surface area contributed by atoms with E-state index in [0.29, 0.717) is 0 Å². The van der Waals surface area contributed by atoms with Crippen molar-refractivity contribution in [2.45, 2.75) is 26.9 Å². The van der Waals surface area contributed by atoms with Crippen LogP contribution in [0.15, 0.2) is 41.0 Å². The number of aryl methyl sites for hydroxylation is 1. The Hall–Kier alpha value is -1.74. The Kier molecular flexibility index (Phi) is 4.63. The lowest BCUT2D eigenvalue weighted by molar-refractivity contribution is 0.503. The first-order chi connectivity index (χ1) is 9.24. The largest absolute Gasteiger partial charge is 0.467 e. The van der Waals surface area contributed by atoms with Crippen molar-refractivity contribution in [1.82, 2.24) is 5.32 Å². The average Bonchev–Trinajstić information content (AvgIpc) is 2.91. The van der Waals surface area contributed by atoms with Crippen LogP contribution in [-0.2, 0) is 13.1 Å². The smallest absolute Gasteiger partial charge is 0.123 e. The van der Waals surface area contributed by atoms with Gasteiger partial charge in [-0.05, 0) is 56.3 Å². The Morgan fingerprint density at radius 3 is 2.68 bits per heavy atom. The van der Waals surface area contributed by atoms with Crippen molar-refractivity contribution in [3.8, 4) is 0 Å². The highest BCUT2D eigenvalue weighted by molar-refractivity contribution is 5.50. The van der Waals surface area contributed by atoms with Crippen molar-refractivity contribution in [3.05, 3.63) is 53.5 Å². The summed E-state index contributed by atoms with van der Waals surface area (Å²) in [4.78, 5) is 2.31. The van der Waals surface area contributed by atoms with Crippen LogP contribution in [0, 0.1) is 6.92 Å². The summed E-state index contributed by atoms with van der Waals surface area (Å²) in [5.41, 5.74) is 3.92. The zero-order valence-corrected chi connectivity index (χ0v) is 11.9. The highest BCUT2D eigenvalue weighted by Crippen LogP contribution is 2.21. The van der Waals surface area contributed by atoms with Gasteiger partial charge in [0.1, 0.15) is 5.76 Å². The Labute approximate surface area is 115 Å². The number of hydrogen-bond acceptors (Lipinski definition) is 3. The van der Waals surface area contributed by atoms with Crippen LogP contribution in [0.4, 0.5) is 5.69 Å². The van der Waals surface area contributed by atoms with Gasteiger partial charge >= 0.3 is 0 Å². The fraction of sp³-hybridized carbons (Fsp3) is 0.375. The van der Waals surface area contributed by atoms with Crippen LogP contribution in [0.5, 0.6) is 0 Å². The van der Waals surface area contributed by atoms with Crippen LogP contribution < -0.4 is 10.2 Å². The second kappa shape index (κ2) is 6.43. The summed E-state index contributed by atoms with van der Waals surface area (Å²) in [6.45, 7) is 7.02. The number of nitrogens with one attached hydrogen (secondary N) is 1. The summed E-state index contributed by atoms with van der Waals surface area (Å²) in [6, 6.07) is 10.6. The van der Waals surface area contributed by atoms with Gasteiger partial charge in [-0.2, -0.15) is 0 Å². The van der Waals surface area contributed by atoms with E-state index < -0.39 is 0 Å². The topological polar surface area (TPSA) is 28.4 Å². The molecule has 2 rings (SSSR count). The molecule has 3 heteroatoms. The van der Waals surface area contributed by atoms with E-state index in [4.69, 9.17) is 4.42 Å². The van der Waals surface area contributed by atoms with Crippen molar-refractivity contribution in [1.29, 1.82) is 0 Å². The summed E-state index contributed by atoms with van der Waals surface area (Å²) >= 11 is 0. The van der Waals surface area contributed by atoms with Gasteiger partial charge in [0.25, 0.3) is 0 Å². The van der Waals surface area contributed by atoms with E-state index >= 15 is 0 Å². The molecule has 0 unspecified atom stereocenters. The molecule has 2 aromatic rings. The van der Waals surface area contributed by atoms with Gasteiger partial charge in [-0.15, -0.1) is 0 Å². The molecular weight excluding hydrogens is 236 g/mol. The summed E-state index contributed by atoms with van der Waals surface area (Å²) in [5, 5.41) is 3.20. The van der Waals surface area contributed by atoms with Gasteiger partial charge in [-0.25, -0.2) is 0 Å². The van der Waals surface area contributed by atoms with Crippen molar-refractivity contribution >= 4 is 5.69 Å². The predicted octanol–water partition coefficient (Wildman–Crippen LogP) is 3.33. The lowest BCUT2D eigenvalue weighted by Gasteiger charge is -2.23. The molecule has 0 aliphatic heterocycles. The number of hydrogen-bond donors (Lipinski definition) is 1. The van der Waals surface area contributed by atoms with Crippen LogP contribution in [0.1, 0.15) is 23.8 Å². The minimum absolute atomic E-state index is 0.814. The average molecular weight is 258 g/mol. The number of nitrogens with zero attached hydrogens (tertiary/aromatic N) is 1. The maximum absolute atomic E-state index is 5.43. The van der Waals surface area contributed by atoms with Gasteiger partial charge in [-0.3, -0.25) is 0 Å². The summed E-state index contributed by atoms with van der Waals surface area (Å²) in [5.74, 6) is 0.999. The van der Waals surface area contributed by atoms with Crippen molar-refractivity contribution in [2.75, 3.05) is 18.5 Å². The van der Waals surface area contributed by atoms with Gasteiger partial charge in [-0.1, -0.05) is 6.07 Å². The Morgan fingerprint density at radius 1 is 1.26 bits per heavy atom. The highest BCUT2D eigenvalue weighted by Gasteiger charge is 2.08. The van der Waals surface area contributed by atoms with Crippen LogP contribution in [0.2, 0.25) is 0 Å². The first-order valence-corrected chi connectivity index (χ1v) is 6.76. The predicted molar refractivity (Wildman–Crippen MR) is 79.4 cm³/mol. The van der Waals surface area contributed by atoms with Crippen LogP contribution >= 0.6 is 0 Å². The molecule has 0 amide bonds. The van der Waals surface area contributed by atoms with E-state index in [1.165, 1.54) is 16.8 Å². The molecule has 0 aliphatic rings. The van der Waals surface area contributed by atoms with Crippen LogP contribution in [0.3, 0.4) is 0 Å². The van der Waals surface area contributed by atoms with Gasteiger partial charge in [0.05, 0.1) is 12.8 Å². The van der Waals surface area contributed by atoms with E-state index in [1.54, 1.807) is 6.26 Å². The molecule has 0 saturated carbocycles. The summed E-state index contributed by atoms with van der Waals surface area (Å²) in [7, 11) is 1.97. The normalized spacial score (nSPS) is 10.7. The molecule has 0 bridgehead atoms. The number of furan rings is 1. The fourth-order valence-corrected chi connectivity index (χ4v) is 2.24. The molecule has 1 heterocycles. The molecule has 0 saturated heterocycles. The third-order valence-corrected chi connectivity index (χ3v) is 3.37. The van der Waals surface area contributed by atoms with Gasteiger partial charge in [0, 0.05) is 18.8 Å². The van der Waals surface area contributed by atoms with Crippen molar-refractivity contribution in [3.63, 3.8) is 0 Å². The molecule has 0 atom stereocenters. The number of anilines is 1. The standard InChI is InChI=1S/C16H22N2O/c1-4-18(12-16-6-5-9-19-16)15-8-7-14(11-17-3)13(2)10-15/h5-10,17H,4,11-12H2,1-3H3. The van der Waals surface area contributed by atoms with E-state index in [1.807, 2.05) is 19.2 Å². The molecule has 0 radical (unpaired) electrons. The Morgan fingerprint density at radius 2 is 2.11 bits per heavy atom. The SMILES string of the molecule is CCN(Cc1ccco1)c1ccc(CNC)c(C)c1. The van der Waals surface area contributed by atoms with E-state index in [0.717, 1.165) is 25.4 Å². The third-order valence-electron chi connectivity index (χ3n) is 3.37. The van der Waals surface area contributed by atoms with E-state index in [2.05, 4.69) is 42.3 Å². The lowest BCUT2D eigenvalue weighted by Crippen LogP contribution is -2.22. The summed E-state index contributed by atoms with van der Waals surface area (Å²) in [6.07, 6.45) is 1.73. The first kappa shape index (κ1) is 13.7. The molecule has 102 valence electrons. The second-order valence-corrected chi connectivity index (χ2v) is 4.73. The van der Waals surface area contributed by atoms with Crippen molar-refractivity contribution < 1.29 is 4.42 Å². The number of rotatable bonds is 6. The minimum Gasteiger partial charge on any atom is -0.467 e. The maximum atomic E-state index is 5.43. The van der Waals surface area contributed by atoms with Gasteiger partial charge < -0.3 is 14.6 Å². The Bertz CT molecular complexity index is 505. The Balaban J connectivity index is 2.16. The van der Waals surface area contributed by atoms with Crippen LogP contribution in [-0.4, -0.2) is 13.6 Å². The van der Waals surface area contributed by atoms with Gasteiger partial charge in [0.2, 0.25) is 0 Å². The van der Waals surface area contributed by atoms with Crippen LogP contribution in [0.25, 0.3) is 0 Å². The van der Waals surface area contributed by atoms with E-state index in [-0.39, 0.29) is 0 Å². The molecule has 1 aromatic heterocycles. The van der Waals surface area contributed by atoms with Crippen molar-refractivity contribution in [2.24, 2.45) is 0 Å². The molecular formula is C16H22N2O. The quantitative estimate of drug-likeness (QED) is 0.861. The highest BCUT2D eigenvalue weighted by atomic mass is 16.3. The third kappa shape index (κ3) is 3.38. The maximum Gasteiger partial charge on any atom is 0.123 e. The first-order valence-electron chi connectivity index (χ1n) is 6.76. The van der Waals surface area contributed by atoms with Gasteiger partial charge in [0.15, 0.2) is 0 Å². The fourth-order valence-electron chi connectivity index (χ4n) is 2.24. The second-order valence-electron chi connectivity index (χ2n) is 4.73. The molecule has 1 N–H and O–H groups in total.